The van der Waals surface area contributed by atoms with Gasteiger partial charge in [-0.1, -0.05) is 18.2 Å². The number of alkyl halides is 1. The van der Waals surface area contributed by atoms with E-state index < -0.39 is 34.1 Å². The van der Waals surface area contributed by atoms with E-state index in [-0.39, 0.29) is 4.90 Å². The number of hydrogen-bond acceptors (Lipinski definition) is 4. The quantitative estimate of drug-likeness (QED) is 0.684. The van der Waals surface area contributed by atoms with Gasteiger partial charge in [0.1, 0.15) is 22.9 Å². The number of sulfonamides is 1. The van der Waals surface area contributed by atoms with Crippen LogP contribution in [0.2, 0.25) is 0 Å². The molecular formula is C18H18FNO5S. The topological polar surface area (TPSA) is 96.6 Å². The van der Waals surface area contributed by atoms with Gasteiger partial charge >= 0.3 is 5.97 Å². The van der Waals surface area contributed by atoms with Crippen molar-refractivity contribution in [2.75, 3.05) is 0 Å². The van der Waals surface area contributed by atoms with Crippen LogP contribution >= 0.6 is 0 Å². The summed E-state index contributed by atoms with van der Waals surface area (Å²) in [6, 6.07) is 9.87. The maximum atomic E-state index is 13.8. The molecule has 0 aliphatic rings. The van der Waals surface area contributed by atoms with Crippen molar-refractivity contribution >= 4 is 37.9 Å². The molecular weight excluding hydrogens is 361 g/mol. The van der Waals surface area contributed by atoms with E-state index in [1.165, 1.54) is 32.0 Å². The van der Waals surface area contributed by atoms with Gasteiger partial charge in [-0.3, -0.25) is 4.79 Å². The van der Waals surface area contributed by atoms with Gasteiger partial charge in [-0.2, -0.15) is 4.72 Å². The van der Waals surface area contributed by atoms with Crippen molar-refractivity contribution in [1.29, 1.82) is 0 Å². The summed E-state index contributed by atoms with van der Waals surface area (Å²) in [5.74, 6) is -1.44. The molecule has 0 aliphatic carbocycles. The number of carbonyl (C=O) groups is 1. The van der Waals surface area contributed by atoms with E-state index in [4.69, 9.17) is 4.42 Å². The normalized spacial score (nSPS) is 14.0. The molecule has 0 spiro atoms. The minimum Gasteiger partial charge on any atom is -0.480 e. The molecule has 1 heterocycles. The Morgan fingerprint density at radius 2 is 1.85 bits per heavy atom. The molecule has 0 bridgehead atoms. The summed E-state index contributed by atoms with van der Waals surface area (Å²) in [5, 5.41) is 10.6. The second kappa shape index (κ2) is 6.37. The van der Waals surface area contributed by atoms with E-state index in [1.54, 1.807) is 24.3 Å². The number of hydrogen-bond donors (Lipinski definition) is 2. The third-order valence-electron chi connectivity index (χ3n) is 3.94. The van der Waals surface area contributed by atoms with E-state index >= 15 is 0 Å². The largest absolute Gasteiger partial charge is 0.480 e. The van der Waals surface area contributed by atoms with Gasteiger partial charge in [0.25, 0.3) is 0 Å². The highest BCUT2D eigenvalue weighted by atomic mass is 32.2. The first kappa shape index (κ1) is 18.3. The molecule has 1 aromatic heterocycles. The van der Waals surface area contributed by atoms with Crippen molar-refractivity contribution in [3.63, 3.8) is 0 Å². The summed E-state index contributed by atoms with van der Waals surface area (Å²) in [6.45, 7) is 2.39. The van der Waals surface area contributed by atoms with E-state index in [1.807, 2.05) is 0 Å². The van der Waals surface area contributed by atoms with Crippen LogP contribution in [0.4, 0.5) is 4.39 Å². The van der Waals surface area contributed by atoms with Crippen LogP contribution < -0.4 is 4.72 Å². The molecule has 2 N–H and O–H groups in total. The van der Waals surface area contributed by atoms with Gasteiger partial charge in [-0.05, 0) is 38.1 Å². The van der Waals surface area contributed by atoms with Crippen molar-refractivity contribution in [2.45, 2.75) is 36.9 Å². The van der Waals surface area contributed by atoms with E-state index in [2.05, 4.69) is 4.72 Å². The maximum absolute atomic E-state index is 13.8. The third kappa shape index (κ3) is 3.71. The van der Waals surface area contributed by atoms with Gasteiger partial charge in [0, 0.05) is 17.2 Å². The Bertz CT molecular complexity index is 1080. The zero-order chi connectivity index (χ0) is 19.1. The highest BCUT2D eigenvalue weighted by Crippen LogP contribution is 2.30. The number of benzene rings is 2. The number of para-hydroxylation sites is 1. The summed E-state index contributed by atoms with van der Waals surface area (Å²) < 4.78 is 46.7. The lowest BCUT2D eigenvalue weighted by Gasteiger charge is -2.20. The molecule has 0 amide bonds. The molecule has 0 saturated heterocycles. The number of aliphatic carboxylic acids is 1. The van der Waals surface area contributed by atoms with Gasteiger partial charge in [-0.15, -0.1) is 0 Å². The van der Waals surface area contributed by atoms with Crippen molar-refractivity contribution in [2.24, 2.45) is 0 Å². The van der Waals surface area contributed by atoms with Crippen LogP contribution in [0.5, 0.6) is 0 Å². The molecule has 138 valence electrons. The zero-order valence-corrected chi connectivity index (χ0v) is 15.0. The Labute approximate surface area is 149 Å². The van der Waals surface area contributed by atoms with Crippen molar-refractivity contribution in [3.8, 4) is 0 Å². The first-order valence-corrected chi connectivity index (χ1v) is 9.40. The fourth-order valence-corrected chi connectivity index (χ4v) is 4.01. The van der Waals surface area contributed by atoms with Gasteiger partial charge in [0.05, 0.1) is 4.90 Å². The molecule has 8 heteroatoms. The molecule has 0 aliphatic heterocycles. The number of carboxylic acid groups (broad SMARTS) is 1. The number of furan rings is 1. The zero-order valence-electron chi connectivity index (χ0n) is 14.2. The fourth-order valence-electron chi connectivity index (χ4n) is 2.79. The number of halogens is 1. The number of nitrogens with one attached hydrogen (secondary N) is 1. The van der Waals surface area contributed by atoms with Crippen LogP contribution in [0.15, 0.2) is 51.8 Å². The van der Waals surface area contributed by atoms with Gasteiger partial charge < -0.3 is 9.52 Å². The van der Waals surface area contributed by atoms with Crippen molar-refractivity contribution < 1.29 is 27.1 Å². The molecule has 1 atom stereocenters. The SMILES string of the molecule is CC(C)(F)CC(NS(=O)(=O)c1ccc2oc3ccccc3c2c1)C(=O)O. The third-order valence-corrected chi connectivity index (χ3v) is 5.41. The summed E-state index contributed by atoms with van der Waals surface area (Å²) in [5.41, 5.74) is -0.701. The summed E-state index contributed by atoms with van der Waals surface area (Å²) in [4.78, 5) is 11.2. The number of carboxylic acids is 1. The second-order valence-electron chi connectivity index (χ2n) is 6.69. The van der Waals surface area contributed by atoms with E-state index in [9.17, 15) is 22.7 Å². The first-order chi connectivity index (χ1) is 12.1. The summed E-state index contributed by atoms with van der Waals surface area (Å²) in [7, 11) is -4.15. The van der Waals surface area contributed by atoms with Crippen LogP contribution in [0.25, 0.3) is 21.9 Å². The van der Waals surface area contributed by atoms with Crippen LogP contribution in [-0.2, 0) is 14.8 Å². The monoisotopic (exact) mass is 379 g/mol. The Morgan fingerprint density at radius 1 is 1.19 bits per heavy atom. The van der Waals surface area contributed by atoms with Gasteiger partial charge in [0.2, 0.25) is 10.0 Å². The number of rotatable bonds is 6. The molecule has 0 fully saturated rings. The molecule has 0 radical (unpaired) electrons. The van der Waals surface area contributed by atoms with Crippen molar-refractivity contribution in [3.05, 3.63) is 42.5 Å². The lowest BCUT2D eigenvalue weighted by atomic mass is 10.0. The molecule has 3 aromatic rings. The summed E-state index contributed by atoms with van der Waals surface area (Å²) in [6.07, 6.45) is -0.488. The molecule has 26 heavy (non-hydrogen) atoms. The van der Waals surface area contributed by atoms with Crippen LogP contribution in [-0.4, -0.2) is 31.2 Å². The minimum atomic E-state index is -4.15. The average Bonchev–Trinajstić information content (AvgIpc) is 2.90. The smallest absolute Gasteiger partial charge is 0.321 e. The first-order valence-electron chi connectivity index (χ1n) is 7.92. The van der Waals surface area contributed by atoms with Gasteiger partial charge in [-0.25, -0.2) is 12.8 Å². The molecule has 2 aromatic carbocycles. The predicted octanol–water partition coefficient (Wildman–Crippen LogP) is 3.46. The highest BCUT2D eigenvalue weighted by molar-refractivity contribution is 7.89. The fraction of sp³-hybridized carbons (Fsp3) is 0.278. The lowest BCUT2D eigenvalue weighted by molar-refractivity contribution is -0.139. The average molecular weight is 379 g/mol. The molecule has 0 saturated carbocycles. The van der Waals surface area contributed by atoms with Crippen LogP contribution in [0.3, 0.4) is 0 Å². The van der Waals surface area contributed by atoms with E-state index in [0.717, 1.165) is 5.39 Å². The Hall–Kier alpha value is -2.45. The Kier molecular flexibility index (Phi) is 4.49. The molecule has 1 unspecified atom stereocenters. The Balaban J connectivity index is 2.00. The van der Waals surface area contributed by atoms with E-state index in [0.29, 0.717) is 16.6 Å². The van der Waals surface area contributed by atoms with Gasteiger partial charge in [0.15, 0.2) is 0 Å². The van der Waals surface area contributed by atoms with Crippen molar-refractivity contribution in [1.82, 2.24) is 4.72 Å². The highest BCUT2D eigenvalue weighted by Gasteiger charge is 2.31. The van der Waals surface area contributed by atoms with Crippen LogP contribution in [0, 0.1) is 0 Å². The predicted molar refractivity (Wildman–Crippen MR) is 95.3 cm³/mol. The molecule has 6 nitrogen and oxygen atoms in total. The van der Waals surface area contributed by atoms with Crippen LogP contribution in [0.1, 0.15) is 20.3 Å². The lowest BCUT2D eigenvalue weighted by Crippen LogP contribution is -2.44. The summed E-state index contributed by atoms with van der Waals surface area (Å²) >= 11 is 0. The minimum absolute atomic E-state index is 0.112. The Morgan fingerprint density at radius 3 is 2.50 bits per heavy atom. The standard InChI is InChI=1S/C18H18FNO5S/c1-18(2,19)10-14(17(21)22)20-26(23,24)11-7-8-16-13(9-11)12-5-3-4-6-15(12)25-16/h3-9,14,20H,10H2,1-2H3,(H,21,22). The second-order valence-corrected chi connectivity index (χ2v) is 8.41. The maximum Gasteiger partial charge on any atom is 0.321 e. The molecule has 3 rings (SSSR count). The number of fused-ring (bicyclic) bond motifs is 3.